The average molecular weight is 907 g/mol. The molecule has 4 aromatic rings. The molecule has 17 N–H and O–H groups in total. The molecule has 7 atom stereocenters. The van der Waals surface area contributed by atoms with Crippen molar-refractivity contribution in [3.05, 3.63) is 72.1 Å². The van der Waals surface area contributed by atoms with E-state index in [1.165, 1.54) is 18.7 Å². The first kappa shape index (κ1) is 50.0. The number of nitrogens with zero attached hydrogens (tertiary/aromatic N) is 1. The maximum Gasteiger partial charge on any atom is 0.326 e. The fourth-order valence-electron chi connectivity index (χ4n) is 6.92. The Morgan fingerprint density at radius 3 is 1.77 bits per heavy atom. The minimum absolute atomic E-state index is 0.00469. The number of carboxylic acid groups (broad SMARTS) is 1. The fraction of sp³-hybridized carbons (Fsp3) is 0.429. The van der Waals surface area contributed by atoms with Gasteiger partial charge in [0.25, 0.3) is 0 Å². The molecular weight excluding hydrogens is 849 g/mol. The lowest BCUT2D eigenvalue weighted by atomic mass is 10.0. The number of guanidine groups is 1. The lowest BCUT2D eigenvalue weighted by Crippen LogP contribution is -2.61. The lowest BCUT2D eigenvalue weighted by Gasteiger charge is -2.28. The highest BCUT2D eigenvalue weighted by Crippen LogP contribution is 2.21. The third kappa shape index (κ3) is 14.7. The van der Waals surface area contributed by atoms with Crippen LogP contribution in [0.15, 0.2) is 65.9 Å². The zero-order chi connectivity index (χ0) is 46.9. The minimum atomic E-state index is -1.70. The van der Waals surface area contributed by atoms with E-state index in [-0.39, 0.29) is 57.5 Å². The second kappa shape index (κ2) is 24.3. The molecule has 4 rings (SSSR count). The highest BCUT2D eigenvalue weighted by Gasteiger charge is 2.35. The van der Waals surface area contributed by atoms with Crippen LogP contribution in [0.2, 0.25) is 0 Å². The van der Waals surface area contributed by atoms with Crippen molar-refractivity contribution in [2.75, 3.05) is 18.6 Å². The van der Waals surface area contributed by atoms with Crippen molar-refractivity contribution in [2.24, 2.45) is 27.9 Å². The van der Waals surface area contributed by atoms with Gasteiger partial charge in [-0.25, -0.2) is 4.79 Å². The van der Waals surface area contributed by atoms with Crippen LogP contribution in [0.25, 0.3) is 21.8 Å². The van der Waals surface area contributed by atoms with Crippen molar-refractivity contribution in [3.8, 4) is 0 Å². The highest BCUT2D eigenvalue weighted by molar-refractivity contribution is 7.98. The first-order valence-corrected chi connectivity index (χ1v) is 22.0. The van der Waals surface area contributed by atoms with Crippen LogP contribution >= 0.6 is 11.8 Å². The Morgan fingerprint density at radius 2 is 1.20 bits per heavy atom. The molecule has 0 aliphatic carbocycles. The number of fused-ring (bicyclic) bond motifs is 2. The van der Waals surface area contributed by atoms with Gasteiger partial charge in [-0.3, -0.25) is 33.8 Å². The number of aliphatic hydroxyl groups excluding tert-OH is 1. The van der Waals surface area contributed by atoms with Crippen LogP contribution in [0, 0.1) is 0 Å². The van der Waals surface area contributed by atoms with E-state index in [0.29, 0.717) is 11.3 Å². The number of hydrogen-bond acceptors (Lipinski definition) is 11. The van der Waals surface area contributed by atoms with Gasteiger partial charge in [0, 0.05) is 53.6 Å². The molecule has 0 spiro atoms. The van der Waals surface area contributed by atoms with Crippen LogP contribution in [0.1, 0.15) is 50.2 Å². The fourth-order valence-corrected chi connectivity index (χ4v) is 7.40. The molecule has 2 aromatic carbocycles. The number of amides is 6. The molecular formula is C42H58N12O9S. The summed E-state index contributed by atoms with van der Waals surface area (Å²) >= 11 is 1.38. The van der Waals surface area contributed by atoms with Crippen LogP contribution < -0.4 is 49.5 Å². The Kier molecular flexibility index (Phi) is 19.0. The van der Waals surface area contributed by atoms with Crippen LogP contribution in [-0.4, -0.2) is 128 Å². The number of hydrogen-bond donors (Lipinski definition) is 13. The predicted molar refractivity (Wildman–Crippen MR) is 242 cm³/mol. The summed E-state index contributed by atoms with van der Waals surface area (Å²) < 4.78 is 0. The molecule has 2 heterocycles. The van der Waals surface area contributed by atoms with E-state index in [4.69, 9.17) is 22.9 Å². The van der Waals surface area contributed by atoms with Crippen molar-refractivity contribution < 1.29 is 43.8 Å². The summed E-state index contributed by atoms with van der Waals surface area (Å²) in [6.07, 6.45) is 3.29. The van der Waals surface area contributed by atoms with Gasteiger partial charge in [-0.1, -0.05) is 36.4 Å². The summed E-state index contributed by atoms with van der Waals surface area (Å²) in [5.74, 6) is -6.29. The van der Waals surface area contributed by atoms with Crippen LogP contribution in [0.5, 0.6) is 0 Å². The van der Waals surface area contributed by atoms with E-state index >= 15 is 0 Å². The Labute approximate surface area is 373 Å². The molecule has 22 heteroatoms. The summed E-state index contributed by atoms with van der Waals surface area (Å²) in [4.78, 5) is 103. The number of H-pyrrole nitrogens is 2. The third-order valence-corrected chi connectivity index (χ3v) is 11.0. The largest absolute Gasteiger partial charge is 0.480 e. The number of carbonyl (C=O) groups excluding carboxylic acids is 6. The molecule has 0 aliphatic rings. The Bertz CT molecular complexity index is 2290. The maximum absolute atomic E-state index is 14.2. The third-order valence-electron chi connectivity index (χ3n) is 10.4. The maximum atomic E-state index is 14.2. The SMILES string of the molecule is CSCC[C@H](NC(=O)[C@H](Cc1c[nH]c2ccccc12)NC(=O)[C@@H](N)Cc1c[nH]c2ccccc12)C(=O)N[C@H](C(=O)N[C@@H](CCC(N)=O)C(=O)N[C@@H](CCCN=C(N)N)C(=O)O)[C@@H](C)O. The molecule has 346 valence electrons. The standard InChI is InChI=1S/C42H58N12O9S/c1-22(55)35(40(61)51-30(13-14-34(44)56)37(58)52-32(41(62)63)12-7-16-47-42(45)46)54-38(59)31(15-17-64-2)50-39(60)33(19-24-21-49-29-11-6-4-9-26(24)29)53-36(57)27(43)18-23-20-48-28-10-5-3-8-25(23)28/h3-6,8-11,20-22,27,30-33,35,48-49,55H,7,12-19,43H2,1-2H3,(H2,44,56)(H,50,60)(H,51,61)(H,52,58)(H,53,57)(H,54,59)(H,62,63)(H4,45,46,47)/t22-,27+,30+,31+,32+,33+,35+/m1/s1. The second-order valence-electron chi connectivity index (χ2n) is 15.3. The number of aromatic nitrogens is 2. The summed E-state index contributed by atoms with van der Waals surface area (Å²) in [7, 11) is 0. The van der Waals surface area contributed by atoms with Crippen molar-refractivity contribution >= 4 is 80.9 Å². The van der Waals surface area contributed by atoms with Gasteiger partial charge in [-0.05, 0) is 74.3 Å². The molecule has 0 saturated carbocycles. The summed E-state index contributed by atoms with van der Waals surface area (Å²) in [6, 6.07) is 6.72. The lowest BCUT2D eigenvalue weighted by molar-refractivity contribution is -0.142. The highest BCUT2D eigenvalue weighted by atomic mass is 32.2. The molecule has 0 radical (unpaired) electrons. The van der Waals surface area contributed by atoms with Gasteiger partial charge >= 0.3 is 5.97 Å². The first-order valence-electron chi connectivity index (χ1n) is 20.6. The van der Waals surface area contributed by atoms with E-state index in [2.05, 4.69) is 41.5 Å². The number of nitrogens with two attached hydrogens (primary N) is 4. The molecule has 0 fully saturated rings. The Morgan fingerprint density at radius 1 is 0.688 bits per heavy atom. The number of benzene rings is 2. The average Bonchev–Trinajstić information content (AvgIpc) is 3.86. The number of carbonyl (C=O) groups is 7. The van der Waals surface area contributed by atoms with Gasteiger partial charge in [0.1, 0.15) is 30.2 Å². The molecule has 21 nitrogen and oxygen atoms in total. The van der Waals surface area contributed by atoms with Crippen molar-refractivity contribution in [3.63, 3.8) is 0 Å². The van der Waals surface area contributed by atoms with E-state index in [9.17, 15) is 43.8 Å². The molecule has 0 aliphatic heterocycles. The summed E-state index contributed by atoms with van der Waals surface area (Å²) in [5.41, 5.74) is 25.5. The monoisotopic (exact) mass is 906 g/mol. The number of carboxylic acids is 1. The topological polar surface area (TPSA) is 368 Å². The minimum Gasteiger partial charge on any atom is -0.480 e. The number of nitrogens with one attached hydrogen (secondary N) is 7. The number of aliphatic imine (C=N–C) groups is 1. The molecule has 0 saturated heterocycles. The van der Waals surface area contributed by atoms with Crippen molar-refractivity contribution in [1.82, 2.24) is 36.6 Å². The predicted octanol–water partition coefficient (Wildman–Crippen LogP) is -1.28. The molecule has 0 bridgehead atoms. The van der Waals surface area contributed by atoms with E-state index in [0.717, 1.165) is 27.4 Å². The summed E-state index contributed by atoms with van der Waals surface area (Å²) in [5, 5.41) is 34.8. The van der Waals surface area contributed by atoms with Gasteiger partial charge in [0.15, 0.2) is 5.96 Å². The smallest absolute Gasteiger partial charge is 0.326 e. The zero-order valence-electron chi connectivity index (χ0n) is 35.6. The van der Waals surface area contributed by atoms with Crippen LogP contribution in [-0.2, 0) is 46.4 Å². The van der Waals surface area contributed by atoms with Crippen molar-refractivity contribution in [1.29, 1.82) is 0 Å². The van der Waals surface area contributed by atoms with Gasteiger partial charge in [0.05, 0.1) is 12.1 Å². The van der Waals surface area contributed by atoms with Gasteiger partial charge in [-0.15, -0.1) is 0 Å². The van der Waals surface area contributed by atoms with E-state index in [1.807, 2.05) is 48.5 Å². The molecule has 2 aromatic heterocycles. The number of para-hydroxylation sites is 2. The van der Waals surface area contributed by atoms with Gasteiger partial charge in [-0.2, -0.15) is 11.8 Å². The number of aromatic amines is 2. The second-order valence-corrected chi connectivity index (χ2v) is 16.3. The van der Waals surface area contributed by atoms with Crippen LogP contribution in [0.3, 0.4) is 0 Å². The molecule has 6 amide bonds. The normalized spacial score (nSPS) is 14.5. The number of rotatable bonds is 26. The van der Waals surface area contributed by atoms with Gasteiger partial charge in [0.2, 0.25) is 35.4 Å². The molecule has 64 heavy (non-hydrogen) atoms. The van der Waals surface area contributed by atoms with E-state index < -0.39 is 83.8 Å². The zero-order valence-corrected chi connectivity index (χ0v) is 36.4. The van der Waals surface area contributed by atoms with Gasteiger partial charge < -0.3 is 69.7 Å². The number of primary amides is 1. The quantitative estimate of drug-likeness (QED) is 0.0199. The van der Waals surface area contributed by atoms with Crippen LogP contribution in [0.4, 0.5) is 0 Å². The number of aliphatic hydroxyl groups is 1. The summed E-state index contributed by atoms with van der Waals surface area (Å²) in [6.45, 7) is 1.29. The van der Waals surface area contributed by atoms with E-state index in [1.54, 1.807) is 18.6 Å². The van der Waals surface area contributed by atoms with Crippen molar-refractivity contribution in [2.45, 2.75) is 94.2 Å². The molecule has 0 unspecified atom stereocenters. The number of aliphatic carboxylic acids is 1. The Balaban J connectivity index is 1.52. The first-order chi connectivity index (χ1) is 30.5. The number of thioether (sulfide) groups is 1. The Hall–Kier alpha value is -6.65.